The fourth-order valence-electron chi connectivity index (χ4n) is 1.19. The fourth-order valence-corrected chi connectivity index (χ4v) is 1.36. The van der Waals surface area contributed by atoms with E-state index in [4.69, 9.17) is 18.0 Å². The lowest BCUT2D eigenvalue weighted by molar-refractivity contribution is -0.141. The van der Waals surface area contributed by atoms with E-state index < -0.39 is 11.9 Å². The number of nitrogens with two attached hydrogens (primary N) is 1. The molecule has 0 atom stereocenters. The first-order valence-corrected chi connectivity index (χ1v) is 5.39. The summed E-state index contributed by atoms with van der Waals surface area (Å²) in [5, 5.41) is 2.78. The number of hydrogen-bond acceptors (Lipinski definition) is 3. The van der Waals surface area contributed by atoms with Gasteiger partial charge in [-0.15, -0.1) is 0 Å². The number of pyridine rings is 1. The van der Waals surface area contributed by atoms with Crippen molar-refractivity contribution >= 4 is 23.0 Å². The van der Waals surface area contributed by atoms with E-state index >= 15 is 0 Å². The second-order valence-corrected chi connectivity index (χ2v) is 3.82. The number of nitrogens with zero attached hydrogens (tertiary/aromatic N) is 1. The normalized spacial score (nSPS) is 11.3. The molecule has 0 fully saturated rings. The van der Waals surface area contributed by atoms with E-state index in [1.54, 1.807) is 0 Å². The van der Waals surface area contributed by atoms with Crippen molar-refractivity contribution in [3.8, 4) is 0 Å². The van der Waals surface area contributed by atoms with Crippen molar-refractivity contribution in [3.63, 3.8) is 0 Å². The maximum absolute atomic E-state index is 12.5. The molecule has 0 aliphatic heterocycles. The largest absolute Gasteiger partial charge is 0.433 e. The Labute approximate surface area is 102 Å². The van der Waals surface area contributed by atoms with Gasteiger partial charge in [0.15, 0.2) is 0 Å². The topological polar surface area (TPSA) is 50.9 Å². The molecule has 7 heteroatoms. The predicted molar refractivity (Wildman–Crippen MR) is 63.9 cm³/mol. The third-order valence-electron chi connectivity index (χ3n) is 1.99. The zero-order chi connectivity index (χ0) is 13.1. The molecule has 0 amide bonds. The van der Waals surface area contributed by atoms with Gasteiger partial charge in [-0.25, -0.2) is 4.98 Å². The van der Waals surface area contributed by atoms with Gasteiger partial charge in [0.1, 0.15) is 16.5 Å². The van der Waals surface area contributed by atoms with Crippen LogP contribution in [0, 0.1) is 0 Å². The minimum atomic E-state index is -4.47. The maximum Gasteiger partial charge on any atom is 0.433 e. The number of aromatic nitrogens is 1. The summed E-state index contributed by atoms with van der Waals surface area (Å²) in [5.41, 5.74) is 4.77. The van der Waals surface area contributed by atoms with Gasteiger partial charge in [0.25, 0.3) is 0 Å². The van der Waals surface area contributed by atoms with E-state index in [1.807, 2.05) is 6.92 Å². The van der Waals surface area contributed by atoms with Crippen LogP contribution in [-0.2, 0) is 6.18 Å². The Morgan fingerprint density at radius 3 is 2.59 bits per heavy atom. The van der Waals surface area contributed by atoms with Gasteiger partial charge in [0.2, 0.25) is 0 Å². The Morgan fingerprint density at radius 2 is 2.12 bits per heavy atom. The van der Waals surface area contributed by atoms with Gasteiger partial charge in [0, 0.05) is 6.54 Å². The van der Waals surface area contributed by atoms with E-state index in [-0.39, 0.29) is 10.8 Å². The molecule has 3 nitrogen and oxygen atoms in total. The molecule has 0 radical (unpaired) electrons. The molecule has 0 saturated heterocycles. The molecule has 17 heavy (non-hydrogen) atoms. The molecule has 1 rings (SSSR count). The first-order chi connectivity index (χ1) is 7.86. The van der Waals surface area contributed by atoms with Gasteiger partial charge in [-0.2, -0.15) is 13.2 Å². The lowest BCUT2D eigenvalue weighted by atomic mass is 10.2. The number of hydrogen-bond donors (Lipinski definition) is 2. The minimum Gasteiger partial charge on any atom is -0.389 e. The molecule has 0 aliphatic carbocycles. The molecule has 0 spiro atoms. The SMILES string of the molecule is CCCNc1nc(C(F)(F)F)ccc1C(N)=S. The van der Waals surface area contributed by atoms with E-state index in [9.17, 15) is 13.2 Å². The predicted octanol–water partition coefficient (Wildman–Crippen LogP) is 2.56. The van der Waals surface area contributed by atoms with Crippen LogP contribution in [0.2, 0.25) is 0 Å². The molecule has 3 N–H and O–H groups in total. The van der Waals surface area contributed by atoms with Crippen molar-refractivity contribution in [3.05, 3.63) is 23.4 Å². The first-order valence-electron chi connectivity index (χ1n) is 4.98. The summed E-state index contributed by atoms with van der Waals surface area (Å²) in [5.74, 6) is 0.0779. The van der Waals surface area contributed by atoms with Crippen molar-refractivity contribution in [2.45, 2.75) is 19.5 Å². The Balaban J connectivity index is 3.14. The summed E-state index contributed by atoms with van der Waals surface area (Å²) < 4.78 is 37.4. The van der Waals surface area contributed by atoms with Crippen LogP contribution in [0.3, 0.4) is 0 Å². The summed E-state index contributed by atoms with van der Waals surface area (Å²) in [6, 6.07) is 2.10. The van der Waals surface area contributed by atoms with Crippen molar-refractivity contribution in [2.24, 2.45) is 5.73 Å². The van der Waals surface area contributed by atoms with Gasteiger partial charge >= 0.3 is 6.18 Å². The average Bonchev–Trinajstić information content (AvgIpc) is 2.24. The van der Waals surface area contributed by atoms with Crippen molar-refractivity contribution in [2.75, 3.05) is 11.9 Å². The van der Waals surface area contributed by atoms with Gasteiger partial charge in [-0.05, 0) is 18.6 Å². The molecular formula is C10H12F3N3S. The smallest absolute Gasteiger partial charge is 0.389 e. The van der Waals surface area contributed by atoms with E-state index in [1.165, 1.54) is 6.07 Å². The van der Waals surface area contributed by atoms with Crippen molar-refractivity contribution < 1.29 is 13.2 Å². The standard InChI is InChI=1S/C10H12F3N3S/c1-2-5-15-9-6(8(14)17)3-4-7(16-9)10(11,12)13/h3-4H,2,5H2,1H3,(H2,14,17)(H,15,16). The molecule has 94 valence electrons. The monoisotopic (exact) mass is 263 g/mol. The Morgan fingerprint density at radius 1 is 1.47 bits per heavy atom. The van der Waals surface area contributed by atoms with E-state index in [2.05, 4.69) is 10.3 Å². The number of thiocarbonyl (C=S) groups is 1. The lowest BCUT2D eigenvalue weighted by Crippen LogP contribution is -2.17. The van der Waals surface area contributed by atoms with E-state index in [0.717, 1.165) is 12.5 Å². The molecule has 0 bridgehead atoms. The van der Waals surface area contributed by atoms with Crippen molar-refractivity contribution in [1.29, 1.82) is 0 Å². The number of alkyl halides is 3. The van der Waals surface area contributed by atoms with Crippen LogP contribution in [-0.4, -0.2) is 16.5 Å². The zero-order valence-electron chi connectivity index (χ0n) is 9.14. The number of anilines is 1. The summed E-state index contributed by atoms with van der Waals surface area (Å²) in [4.78, 5) is 3.52. The second kappa shape index (κ2) is 5.31. The van der Waals surface area contributed by atoms with Gasteiger partial charge in [-0.3, -0.25) is 0 Å². The quantitative estimate of drug-likeness (QED) is 0.820. The second-order valence-electron chi connectivity index (χ2n) is 3.38. The van der Waals surface area contributed by atoms with Crippen LogP contribution in [0.1, 0.15) is 24.6 Å². The van der Waals surface area contributed by atoms with Gasteiger partial charge in [-0.1, -0.05) is 19.1 Å². The summed E-state index contributed by atoms with van der Waals surface area (Å²) in [6.07, 6.45) is -3.72. The fraction of sp³-hybridized carbons (Fsp3) is 0.400. The number of halogens is 3. The summed E-state index contributed by atoms with van der Waals surface area (Å²) in [7, 11) is 0. The zero-order valence-corrected chi connectivity index (χ0v) is 9.95. The Kier molecular flexibility index (Phi) is 4.28. The van der Waals surface area contributed by atoms with Crippen LogP contribution in [0.4, 0.5) is 19.0 Å². The molecule has 1 aromatic rings. The highest BCUT2D eigenvalue weighted by atomic mass is 32.1. The highest BCUT2D eigenvalue weighted by Crippen LogP contribution is 2.29. The van der Waals surface area contributed by atoms with Crippen LogP contribution < -0.4 is 11.1 Å². The highest BCUT2D eigenvalue weighted by molar-refractivity contribution is 7.80. The summed E-state index contributed by atoms with van der Waals surface area (Å²) >= 11 is 4.75. The third kappa shape index (κ3) is 3.55. The highest BCUT2D eigenvalue weighted by Gasteiger charge is 2.33. The maximum atomic E-state index is 12.5. The number of nitrogens with one attached hydrogen (secondary N) is 1. The third-order valence-corrected chi connectivity index (χ3v) is 2.21. The molecule has 0 aromatic carbocycles. The minimum absolute atomic E-state index is 0.0184. The van der Waals surface area contributed by atoms with Gasteiger partial charge in [0.05, 0.1) is 5.56 Å². The average molecular weight is 263 g/mol. The molecule has 0 unspecified atom stereocenters. The van der Waals surface area contributed by atoms with E-state index in [0.29, 0.717) is 12.1 Å². The Hall–Kier alpha value is -1.37. The molecule has 1 aromatic heterocycles. The Bertz CT molecular complexity index is 418. The van der Waals surface area contributed by atoms with Crippen LogP contribution in [0.25, 0.3) is 0 Å². The lowest BCUT2D eigenvalue weighted by Gasteiger charge is -2.12. The first kappa shape index (κ1) is 13.7. The molecule has 1 heterocycles. The van der Waals surface area contributed by atoms with Crippen molar-refractivity contribution in [1.82, 2.24) is 4.98 Å². The molecule has 0 aliphatic rings. The number of rotatable bonds is 4. The van der Waals surface area contributed by atoms with Crippen LogP contribution in [0.5, 0.6) is 0 Å². The molecular weight excluding hydrogens is 251 g/mol. The molecule has 0 saturated carbocycles. The van der Waals surface area contributed by atoms with Crippen LogP contribution >= 0.6 is 12.2 Å². The van der Waals surface area contributed by atoms with Gasteiger partial charge < -0.3 is 11.1 Å². The summed E-state index contributed by atoms with van der Waals surface area (Å²) in [6.45, 7) is 2.39. The van der Waals surface area contributed by atoms with Crippen LogP contribution in [0.15, 0.2) is 12.1 Å².